The fraction of sp³-hybridized carbons (Fsp3) is 0.789. The highest BCUT2D eigenvalue weighted by Crippen LogP contribution is 2.60. The van der Waals surface area contributed by atoms with Gasteiger partial charge in [0.15, 0.2) is 0 Å². The second-order valence-corrected chi connectivity index (χ2v) is 7.85. The molecule has 134 valence electrons. The summed E-state index contributed by atoms with van der Waals surface area (Å²) in [6, 6.07) is 0. The first-order chi connectivity index (χ1) is 11.4. The molecule has 0 spiro atoms. The van der Waals surface area contributed by atoms with Crippen molar-refractivity contribution in [2.45, 2.75) is 58.0 Å². The highest BCUT2D eigenvalue weighted by atomic mass is 16.6. The fourth-order valence-corrected chi connectivity index (χ4v) is 5.43. The lowest BCUT2D eigenvalue weighted by Gasteiger charge is -2.60. The minimum Gasteiger partial charge on any atom is -0.460 e. The number of carbonyl (C=O) groups is 2. The molecule has 24 heavy (non-hydrogen) atoms. The van der Waals surface area contributed by atoms with Crippen LogP contribution < -0.4 is 5.32 Å². The number of amides is 1. The summed E-state index contributed by atoms with van der Waals surface area (Å²) in [7, 11) is 0. The van der Waals surface area contributed by atoms with Gasteiger partial charge in [0.05, 0.1) is 6.54 Å². The molecular weight excluding hydrogens is 306 g/mol. The van der Waals surface area contributed by atoms with Crippen molar-refractivity contribution in [2.24, 2.45) is 23.7 Å². The number of hydrogen-bond acceptors (Lipinski definition) is 4. The Bertz CT molecular complexity index is 499. The molecule has 5 heteroatoms. The van der Waals surface area contributed by atoms with Gasteiger partial charge in [0.2, 0.25) is 0 Å². The maximum Gasteiger partial charge on any atom is 0.407 e. The Hall–Kier alpha value is -1.52. The molecule has 0 aliphatic heterocycles. The fourth-order valence-electron chi connectivity index (χ4n) is 5.43. The van der Waals surface area contributed by atoms with E-state index in [1.165, 1.54) is 32.1 Å². The third-order valence-corrected chi connectivity index (χ3v) is 6.31. The van der Waals surface area contributed by atoms with Crippen molar-refractivity contribution in [3.8, 4) is 0 Å². The highest BCUT2D eigenvalue weighted by Gasteiger charge is 2.58. The predicted molar refractivity (Wildman–Crippen MR) is 90.3 cm³/mol. The number of hydrogen-bond donors (Lipinski definition) is 1. The molecule has 0 unspecified atom stereocenters. The minimum atomic E-state index is -0.434. The Balaban J connectivity index is 1.51. The van der Waals surface area contributed by atoms with Crippen LogP contribution >= 0.6 is 0 Å². The minimum absolute atomic E-state index is 0.136. The van der Waals surface area contributed by atoms with Gasteiger partial charge in [-0.2, -0.15) is 0 Å². The smallest absolute Gasteiger partial charge is 0.407 e. The van der Waals surface area contributed by atoms with Crippen LogP contribution in [0.2, 0.25) is 0 Å². The molecular formula is C19H29NO4. The molecule has 0 saturated heterocycles. The first kappa shape index (κ1) is 17.3. The van der Waals surface area contributed by atoms with Crippen LogP contribution in [0.4, 0.5) is 4.79 Å². The molecule has 0 radical (unpaired) electrons. The molecule has 1 N–H and O–H groups in total. The molecule has 4 fully saturated rings. The molecule has 0 aromatic heterocycles. The van der Waals surface area contributed by atoms with Gasteiger partial charge < -0.3 is 14.8 Å². The molecule has 0 atom stereocenters. The van der Waals surface area contributed by atoms with Crippen molar-refractivity contribution < 1.29 is 19.1 Å². The zero-order valence-corrected chi connectivity index (χ0v) is 14.8. The van der Waals surface area contributed by atoms with Crippen LogP contribution in [-0.4, -0.2) is 30.8 Å². The van der Waals surface area contributed by atoms with Crippen LogP contribution in [0.3, 0.4) is 0 Å². The molecule has 1 amide bonds. The van der Waals surface area contributed by atoms with Crippen LogP contribution in [0.25, 0.3) is 0 Å². The second-order valence-electron chi connectivity index (χ2n) is 7.85. The van der Waals surface area contributed by atoms with Crippen LogP contribution in [0.1, 0.15) is 52.4 Å². The lowest BCUT2D eigenvalue weighted by molar-refractivity contribution is -0.174. The summed E-state index contributed by atoms with van der Waals surface area (Å²) in [6.45, 7) is 7.66. The standard InChI is InChI=1S/C19H29NO4/c1-4-19(15-8-13-7-14(10-15)11-16(19)9-13)24-18(22)20-5-6-23-17(21)12(2)3/h13-16H,2,4-11H2,1,3H3,(H,20,22). The van der Waals surface area contributed by atoms with E-state index in [4.69, 9.17) is 9.47 Å². The van der Waals surface area contributed by atoms with Crippen LogP contribution in [-0.2, 0) is 14.3 Å². The Morgan fingerprint density at radius 2 is 1.71 bits per heavy atom. The summed E-state index contributed by atoms with van der Waals surface area (Å²) in [5, 5.41) is 2.73. The normalized spacial score (nSPS) is 36.2. The third-order valence-electron chi connectivity index (χ3n) is 6.31. The Kier molecular flexibility index (Phi) is 4.88. The van der Waals surface area contributed by atoms with Crippen molar-refractivity contribution in [3.63, 3.8) is 0 Å². The van der Waals surface area contributed by atoms with Gasteiger partial charge in [0.1, 0.15) is 12.2 Å². The van der Waals surface area contributed by atoms with Gasteiger partial charge in [-0.15, -0.1) is 0 Å². The van der Waals surface area contributed by atoms with E-state index in [9.17, 15) is 9.59 Å². The average molecular weight is 335 g/mol. The molecule has 4 rings (SSSR count). The SMILES string of the molecule is C=C(C)C(=O)OCCNC(=O)OC1(CC)C2CC3CC(C2)CC1C3. The van der Waals surface area contributed by atoms with Gasteiger partial charge in [0, 0.05) is 5.57 Å². The molecule has 4 aliphatic carbocycles. The van der Waals surface area contributed by atoms with Crippen molar-refractivity contribution in [3.05, 3.63) is 12.2 Å². The molecule has 4 aliphatic rings. The van der Waals surface area contributed by atoms with Crippen LogP contribution in [0.5, 0.6) is 0 Å². The number of nitrogens with one attached hydrogen (secondary N) is 1. The van der Waals surface area contributed by atoms with Crippen molar-refractivity contribution >= 4 is 12.1 Å². The molecule has 0 aromatic rings. The van der Waals surface area contributed by atoms with E-state index in [1.54, 1.807) is 6.92 Å². The van der Waals surface area contributed by atoms with E-state index in [0.717, 1.165) is 18.3 Å². The monoisotopic (exact) mass is 335 g/mol. The quantitative estimate of drug-likeness (QED) is 0.459. The zero-order chi connectivity index (χ0) is 17.3. The van der Waals surface area contributed by atoms with E-state index in [-0.39, 0.29) is 24.8 Å². The number of esters is 1. The molecule has 4 bridgehead atoms. The zero-order valence-electron chi connectivity index (χ0n) is 14.8. The Morgan fingerprint density at radius 1 is 1.12 bits per heavy atom. The second kappa shape index (κ2) is 6.77. The van der Waals surface area contributed by atoms with Crippen molar-refractivity contribution in [2.75, 3.05) is 13.2 Å². The first-order valence-electron chi connectivity index (χ1n) is 9.24. The van der Waals surface area contributed by atoms with Crippen LogP contribution in [0, 0.1) is 23.7 Å². The average Bonchev–Trinajstić information content (AvgIpc) is 2.54. The Labute approximate surface area is 144 Å². The van der Waals surface area contributed by atoms with Gasteiger partial charge in [-0.1, -0.05) is 13.5 Å². The van der Waals surface area contributed by atoms with E-state index >= 15 is 0 Å². The molecule has 5 nitrogen and oxygen atoms in total. The Morgan fingerprint density at radius 3 is 2.21 bits per heavy atom. The van der Waals surface area contributed by atoms with Gasteiger partial charge in [-0.05, 0) is 69.1 Å². The number of rotatable bonds is 6. The maximum absolute atomic E-state index is 12.3. The van der Waals surface area contributed by atoms with Gasteiger partial charge >= 0.3 is 12.1 Å². The van der Waals surface area contributed by atoms with Crippen molar-refractivity contribution in [1.82, 2.24) is 5.32 Å². The van der Waals surface area contributed by atoms with Gasteiger partial charge in [-0.3, -0.25) is 0 Å². The van der Waals surface area contributed by atoms with Crippen molar-refractivity contribution in [1.29, 1.82) is 0 Å². The largest absolute Gasteiger partial charge is 0.460 e. The number of alkyl carbamates (subject to hydrolysis) is 1. The molecule has 0 aromatic carbocycles. The van der Waals surface area contributed by atoms with Crippen LogP contribution in [0.15, 0.2) is 12.2 Å². The number of carbonyl (C=O) groups excluding carboxylic acids is 2. The summed E-state index contributed by atoms with van der Waals surface area (Å²) in [5.74, 6) is 2.30. The highest BCUT2D eigenvalue weighted by molar-refractivity contribution is 5.86. The summed E-state index contributed by atoms with van der Waals surface area (Å²) in [4.78, 5) is 23.6. The molecule has 0 heterocycles. The lowest BCUT2D eigenvalue weighted by atomic mass is 9.49. The third kappa shape index (κ3) is 3.17. The summed E-state index contributed by atoms with van der Waals surface area (Å²) in [5.41, 5.74) is 0.0717. The van der Waals surface area contributed by atoms with E-state index in [0.29, 0.717) is 17.4 Å². The van der Waals surface area contributed by atoms with Gasteiger partial charge in [0.25, 0.3) is 0 Å². The summed E-state index contributed by atoms with van der Waals surface area (Å²) < 4.78 is 11.0. The predicted octanol–water partition coefficient (Wildman–Crippen LogP) is 3.44. The first-order valence-corrected chi connectivity index (χ1v) is 9.24. The van der Waals surface area contributed by atoms with E-state index < -0.39 is 5.97 Å². The lowest BCUT2D eigenvalue weighted by Crippen LogP contribution is -2.60. The van der Waals surface area contributed by atoms with E-state index in [1.807, 2.05) is 0 Å². The molecule has 4 saturated carbocycles. The van der Waals surface area contributed by atoms with Gasteiger partial charge in [-0.25, -0.2) is 9.59 Å². The summed E-state index contributed by atoms with van der Waals surface area (Å²) in [6.07, 6.45) is 6.74. The maximum atomic E-state index is 12.3. The van der Waals surface area contributed by atoms with E-state index in [2.05, 4.69) is 18.8 Å². The summed E-state index contributed by atoms with van der Waals surface area (Å²) >= 11 is 0. The number of ether oxygens (including phenoxy) is 2. The topological polar surface area (TPSA) is 64.6 Å².